The lowest BCUT2D eigenvalue weighted by Gasteiger charge is -2.15. The molecule has 3 rings (SSSR count). The van der Waals surface area contributed by atoms with E-state index < -0.39 is 0 Å². The van der Waals surface area contributed by atoms with Crippen molar-refractivity contribution in [1.29, 1.82) is 0 Å². The van der Waals surface area contributed by atoms with Crippen LogP contribution in [0.1, 0.15) is 36.1 Å². The zero-order valence-electron chi connectivity index (χ0n) is 14.2. The van der Waals surface area contributed by atoms with E-state index in [1.165, 1.54) is 0 Å². The van der Waals surface area contributed by atoms with Crippen LogP contribution in [0.4, 0.5) is 0 Å². The summed E-state index contributed by atoms with van der Waals surface area (Å²) in [7, 11) is 0. The van der Waals surface area contributed by atoms with Crippen LogP contribution in [0.25, 0.3) is 11.0 Å². The van der Waals surface area contributed by atoms with Crippen LogP contribution in [0, 0.1) is 13.8 Å². The zero-order valence-corrected chi connectivity index (χ0v) is 14.2. The molecule has 1 fully saturated rings. The standard InChI is InChI=1S/C18H23N3O3/c1-12-9-14-15(20-24-16(14)10-13(12)2)11-17(22)19-6-4-8-21-7-3-5-18(21)23/h9-10H,3-8,11H2,1-2H3,(H,19,22). The molecule has 1 aliphatic heterocycles. The summed E-state index contributed by atoms with van der Waals surface area (Å²) >= 11 is 0. The van der Waals surface area contributed by atoms with E-state index in [2.05, 4.69) is 10.5 Å². The highest BCUT2D eigenvalue weighted by atomic mass is 16.5. The van der Waals surface area contributed by atoms with E-state index in [-0.39, 0.29) is 18.2 Å². The number of amides is 2. The minimum Gasteiger partial charge on any atom is -0.356 e. The van der Waals surface area contributed by atoms with Crippen molar-refractivity contribution in [3.05, 3.63) is 29.0 Å². The first-order chi connectivity index (χ1) is 11.5. The van der Waals surface area contributed by atoms with Gasteiger partial charge in [-0.2, -0.15) is 0 Å². The predicted octanol–water partition coefficient (Wildman–Crippen LogP) is 2.12. The van der Waals surface area contributed by atoms with Crippen LogP contribution in [0.5, 0.6) is 0 Å². The highest BCUT2D eigenvalue weighted by Crippen LogP contribution is 2.22. The van der Waals surface area contributed by atoms with Gasteiger partial charge in [-0.05, 0) is 49.9 Å². The highest BCUT2D eigenvalue weighted by Gasteiger charge is 2.19. The van der Waals surface area contributed by atoms with Crippen molar-refractivity contribution in [2.24, 2.45) is 0 Å². The molecule has 0 unspecified atom stereocenters. The van der Waals surface area contributed by atoms with Crippen LogP contribution in [-0.2, 0) is 16.0 Å². The van der Waals surface area contributed by atoms with Gasteiger partial charge in [0.1, 0.15) is 5.69 Å². The minimum absolute atomic E-state index is 0.0730. The van der Waals surface area contributed by atoms with Crippen molar-refractivity contribution in [3.63, 3.8) is 0 Å². The number of aryl methyl sites for hydroxylation is 2. The number of aromatic nitrogens is 1. The van der Waals surface area contributed by atoms with Crippen molar-refractivity contribution in [2.75, 3.05) is 19.6 Å². The maximum Gasteiger partial charge on any atom is 0.226 e. The number of fused-ring (bicyclic) bond motifs is 1. The van der Waals surface area contributed by atoms with Crippen molar-refractivity contribution in [3.8, 4) is 0 Å². The zero-order chi connectivity index (χ0) is 17.1. The topological polar surface area (TPSA) is 75.4 Å². The fourth-order valence-corrected chi connectivity index (χ4v) is 3.02. The molecule has 6 nitrogen and oxygen atoms in total. The molecule has 24 heavy (non-hydrogen) atoms. The molecule has 1 saturated heterocycles. The Kier molecular flexibility index (Phi) is 4.83. The number of nitrogens with one attached hydrogen (secondary N) is 1. The van der Waals surface area contributed by atoms with Crippen LogP contribution in [-0.4, -0.2) is 41.5 Å². The molecule has 0 radical (unpaired) electrons. The Labute approximate surface area is 141 Å². The third-order valence-electron chi connectivity index (χ3n) is 4.59. The molecule has 0 bridgehead atoms. The van der Waals surface area contributed by atoms with Gasteiger partial charge in [-0.1, -0.05) is 5.16 Å². The number of nitrogens with zero attached hydrogens (tertiary/aromatic N) is 2. The van der Waals surface area contributed by atoms with Gasteiger partial charge >= 0.3 is 0 Å². The third-order valence-corrected chi connectivity index (χ3v) is 4.59. The normalized spacial score (nSPS) is 14.6. The molecule has 2 aromatic rings. The van der Waals surface area contributed by atoms with Crippen molar-refractivity contribution in [2.45, 2.75) is 39.5 Å². The molecule has 1 aromatic heterocycles. The summed E-state index contributed by atoms with van der Waals surface area (Å²) in [4.78, 5) is 25.5. The molecule has 0 aliphatic carbocycles. The Morgan fingerprint density at radius 1 is 1.33 bits per heavy atom. The van der Waals surface area contributed by atoms with Crippen LogP contribution in [0.2, 0.25) is 0 Å². The summed E-state index contributed by atoms with van der Waals surface area (Å²) in [6.45, 7) is 6.18. The van der Waals surface area contributed by atoms with Gasteiger partial charge in [0.2, 0.25) is 11.8 Å². The summed E-state index contributed by atoms with van der Waals surface area (Å²) in [5, 5.41) is 7.82. The van der Waals surface area contributed by atoms with Crippen molar-refractivity contribution in [1.82, 2.24) is 15.4 Å². The number of hydrogen-bond acceptors (Lipinski definition) is 4. The van der Waals surface area contributed by atoms with E-state index >= 15 is 0 Å². The molecular weight excluding hydrogens is 306 g/mol. The van der Waals surface area contributed by atoms with Crippen molar-refractivity contribution >= 4 is 22.8 Å². The molecule has 0 atom stereocenters. The Morgan fingerprint density at radius 2 is 2.12 bits per heavy atom. The molecule has 0 saturated carbocycles. The quantitative estimate of drug-likeness (QED) is 0.824. The fourth-order valence-electron chi connectivity index (χ4n) is 3.02. The second-order valence-corrected chi connectivity index (χ2v) is 6.43. The minimum atomic E-state index is -0.0730. The maximum absolute atomic E-state index is 12.1. The molecule has 128 valence electrons. The van der Waals surface area contributed by atoms with E-state index in [1.807, 2.05) is 30.9 Å². The van der Waals surface area contributed by atoms with Gasteiger partial charge in [-0.3, -0.25) is 9.59 Å². The molecule has 1 aliphatic rings. The van der Waals surface area contributed by atoms with Crippen molar-refractivity contribution < 1.29 is 14.1 Å². The Balaban J connectivity index is 1.50. The SMILES string of the molecule is Cc1cc2onc(CC(=O)NCCCN3CCCC3=O)c2cc1C. The Morgan fingerprint density at radius 3 is 2.88 bits per heavy atom. The molecule has 2 heterocycles. The summed E-state index contributed by atoms with van der Waals surface area (Å²) in [5.74, 6) is 0.150. The lowest BCUT2D eigenvalue weighted by molar-refractivity contribution is -0.127. The lowest BCUT2D eigenvalue weighted by atomic mass is 10.1. The summed E-state index contributed by atoms with van der Waals surface area (Å²) in [6, 6.07) is 3.97. The van der Waals surface area contributed by atoms with E-state index in [4.69, 9.17) is 4.52 Å². The number of likely N-dealkylation sites (tertiary alicyclic amines) is 1. The smallest absolute Gasteiger partial charge is 0.226 e. The second kappa shape index (κ2) is 7.03. The number of rotatable bonds is 6. The molecule has 1 aromatic carbocycles. The monoisotopic (exact) mass is 329 g/mol. The average molecular weight is 329 g/mol. The van der Waals surface area contributed by atoms with E-state index in [0.717, 1.165) is 35.9 Å². The first-order valence-electron chi connectivity index (χ1n) is 8.44. The molecule has 0 spiro atoms. The summed E-state index contributed by atoms with van der Waals surface area (Å²) in [6.07, 6.45) is 2.58. The lowest BCUT2D eigenvalue weighted by Crippen LogP contribution is -2.31. The Hall–Kier alpha value is -2.37. The first kappa shape index (κ1) is 16.5. The number of hydrogen-bond donors (Lipinski definition) is 1. The first-order valence-corrected chi connectivity index (χ1v) is 8.44. The maximum atomic E-state index is 12.1. The number of carbonyl (C=O) groups is 2. The summed E-state index contributed by atoms with van der Waals surface area (Å²) < 4.78 is 5.32. The predicted molar refractivity (Wildman–Crippen MR) is 90.6 cm³/mol. The van der Waals surface area contributed by atoms with Crippen LogP contribution in [0.3, 0.4) is 0 Å². The molecule has 2 amide bonds. The fraction of sp³-hybridized carbons (Fsp3) is 0.500. The second-order valence-electron chi connectivity index (χ2n) is 6.43. The van der Waals surface area contributed by atoms with Gasteiger partial charge < -0.3 is 14.7 Å². The van der Waals surface area contributed by atoms with E-state index in [0.29, 0.717) is 30.8 Å². The van der Waals surface area contributed by atoms with Gasteiger partial charge in [0, 0.05) is 31.4 Å². The van der Waals surface area contributed by atoms with E-state index in [1.54, 1.807) is 0 Å². The highest BCUT2D eigenvalue weighted by molar-refractivity contribution is 5.87. The third kappa shape index (κ3) is 3.58. The summed E-state index contributed by atoms with van der Waals surface area (Å²) in [5.41, 5.74) is 3.68. The Bertz CT molecular complexity index is 766. The molecular formula is C18H23N3O3. The van der Waals surface area contributed by atoms with Crippen LogP contribution < -0.4 is 5.32 Å². The van der Waals surface area contributed by atoms with Gasteiger partial charge in [0.25, 0.3) is 0 Å². The molecule has 1 N–H and O–H groups in total. The van der Waals surface area contributed by atoms with Gasteiger partial charge in [0.15, 0.2) is 5.58 Å². The van der Waals surface area contributed by atoms with Gasteiger partial charge in [0.05, 0.1) is 6.42 Å². The van der Waals surface area contributed by atoms with Crippen LogP contribution >= 0.6 is 0 Å². The van der Waals surface area contributed by atoms with Crippen LogP contribution in [0.15, 0.2) is 16.7 Å². The number of carbonyl (C=O) groups excluding carboxylic acids is 2. The van der Waals surface area contributed by atoms with Gasteiger partial charge in [-0.25, -0.2) is 0 Å². The number of benzene rings is 1. The van der Waals surface area contributed by atoms with Gasteiger partial charge in [-0.15, -0.1) is 0 Å². The largest absolute Gasteiger partial charge is 0.356 e. The average Bonchev–Trinajstić information content (AvgIpc) is 3.12. The molecule has 6 heteroatoms. The van der Waals surface area contributed by atoms with E-state index in [9.17, 15) is 9.59 Å².